The molecule has 220 valence electrons. The topological polar surface area (TPSA) is 202 Å². The van der Waals surface area contributed by atoms with Crippen molar-refractivity contribution in [2.24, 2.45) is 23.7 Å². The van der Waals surface area contributed by atoms with E-state index in [4.69, 9.17) is 23.7 Å². The van der Waals surface area contributed by atoms with Gasteiger partial charge in [-0.1, -0.05) is 19.9 Å². The number of cyclic esters (lactones) is 1. The Hall–Kier alpha value is -2.10. The number of hydrogen-bond acceptors (Lipinski definition) is 13. The van der Waals surface area contributed by atoms with Gasteiger partial charge in [-0.2, -0.15) is 0 Å². The lowest BCUT2D eigenvalue weighted by Crippen LogP contribution is -2.60. The summed E-state index contributed by atoms with van der Waals surface area (Å²) >= 11 is 0. The normalized spacial score (nSPS) is 44.8. The van der Waals surface area contributed by atoms with E-state index in [0.717, 1.165) is 6.26 Å². The number of ether oxygens (including phenoxy) is 5. The highest BCUT2D eigenvalue weighted by atomic mass is 16.8. The van der Waals surface area contributed by atoms with Gasteiger partial charge in [-0.3, -0.25) is 4.79 Å². The second-order valence-electron chi connectivity index (χ2n) is 10.8. The molecule has 3 heterocycles. The van der Waals surface area contributed by atoms with Crippen molar-refractivity contribution in [1.29, 1.82) is 0 Å². The number of aliphatic hydroxyl groups excluding tert-OH is 5. The number of hydrogen-bond donors (Lipinski definition) is 6. The predicted molar refractivity (Wildman–Crippen MR) is 129 cm³/mol. The van der Waals surface area contributed by atoms with Gasteiger partial charge in [-0.05, 0) is 25.2 Å². The van der Waals surface area contributed by atoms with E-state index in [0.29, 0.717) is 5.57 Å². The van der Waals surface area contributed by atoms with Crippen LogP contribution in [0.1, 0.15) is 33.6 Å². The average molecular weight is 559 g/mol. The van der Waals surface area contributed by atoms with Crippen molar-refractivity contribution in [3.8, 4) is 0 Å². The van der Waals surface area contributed by atoms with Gasteiger partial charge in [-0.25, -0.2) is 4.79 Å². The quantitative estimate of drug-likeness (QED) is 0.168. The molecule has 39 heavy (non-hydrogen) atoms. The van der Waals surface area contributed by atoms with Crippen LogP contribution in [0.2, 0.25) is 0 Å². The minimum Gasteiger partial charge on any atom is -0.468 e. The minimum absolute atomic E-state index is 0.0185. The Labute approximate surface area is 225 Å². The van der Waals surface area contributed by atoms with E-state index in [9.17, 15) is 40.2 Å². The Balaban J connectivity index is 1.60. The van der Waals surface area contributed by atoms with E-state index in [1.165, 1.54) is 0 Å². The zero-order valence-electron chi connectivity index (χ0n) is 22.1. The SMILES string of the molecule is C/C=C1/[C@H](O[C@@H]2O[C@H](CO)[C@@H](O)[C@H](O)[C@H]2O)OC=C2C(=O)O[C@@H]3C[C@@H]([C@H](C)CO)[C@](O)(COC(=O)C[C@H]21)[C@H]3C. The first-order chi connectivity index (χ1) is 18.5. The van der Waals surface area contributed by atoms with Crippen molar-refractivity contribution in [3.05, 3.63) is 23.5 Å². The largest absolute Gasteiger partial charge is 0.468 e. The fourth-order valence-electron chi connectivity index (χ4n) is 5.99. The summed E-state index contributed by atoms with van der Waals surface area (Å²) in [6.07, 6.45) is -7.06. The molecule has 3 aliphatic heterocycles. The number of rotatable bonds is 5. The Morgan fingerprint density at radius 1 is 1.18 bits per heavy atom. The first-order valence-corrected chi connectivity index (χ1v) is 13.1. The molecule has 0 aromatic heterocycles. The number of aliphatic hydroxyl groups is 6. The molecule has 0 amide bonds. The summed E-state index contributed by atoms with van der Waals surface area (Å²) in [6, 6.07) is 0. The molecular formula is C26H38O13. The third-order valence-corrected chi connectivity index (χ3v) is 8.59. The Kier molecular flexibility index (Phi) is 9.03. The first-order valence-electron chi connectivity index (χ1n) is 13.1. The van der Waals surface area contributed by atoms with Crippen LogP contribution < -0.4 is 0 Å². The molecule has 2 saturated heterocycles. The lowest BCUT2D eigenvalue weighted by atomic mass is 9.79. The number of fused-ring (bicyclic) bond motifs is 3. The van der Waals surface area contributed by atoms with Crippen molar-refractivity contribution < 1.29 is 63.9 Å². The number of carbonyl (C=O) groups excluding carboxylic acids is 2. The van der Waals surface area contributed by atoms with Crippen LogP contribution in [0.4, 0.5) is 0 Å². The lowest BCUT2D eigenvalue weighted by molar-refractivity contribution is -0.327. The molecule has 0 aromatic rings. The van der Waals surface area contributed by atoms with E-state index in [-0.39, 0.29) is 37.5 Å². The van der Waals surface area contributed by atoms with Gasteiger partial charge in [0.2, 0.25) is 6.29 Å². The average Bonchev–Trinajstić information content (AvgIpc) is 3.16. The summed E-state index contributed by atoms with van der Waals surface area (Å²) in [5, 5.41) is 61.2. The van der Waals surface area contributed by atoms with Crippen molar-refractivity contribution in [1.82, 2.24) is 0 Å². The van der Waals surface area contributed by atoms with Crippen LogP contribution in [0, 0.1) is 23.7 Å². The van der Waals surface area contributed by atoms with Crippen LogP contribution in [0.15, 0.2) is 23.5 Å². The molecule has 4 rings (SSSR count). The summed E-state index contributed by atoms with van der Waals surface area (Å²) in [4.78, 5) is 26.4. The van der Waals surface area contributed by atoms with Crippen LogP contribution in [0.5, 0.6) is 0 Å². The molecule has 0 spiro atoms. The van der Waals surface area contributed by atoms with Gasteiger partial charge < -0.3 is 54.3 Å². The van der Waals surface area contributed by atoms with Gasteiger partial charge >= 0.3 is 11.9 Å². The molecule has 13 heteroatoms. The monoisotopic (exact) mass is 558 g/mol. The van der Waals surface area contributed by atoms with Crippen molar-refractivity contribution in [2.45, 2.75) is 82.3 Å². The smallest absolute Gasteiger partial charge is 0.338 e. The third-order valence-electron chi connectivity index (χ3n) is 8.59. The third kappa shape index (κ3) is 5.46. The summed E-state index contributed by atoms with van der Waals surface area (Å²) < 4.78 is 28.1. The van der Waals surface area contributed by atoms with Gasteiger partial charge in [0, 0.05) is 24.0 Å². The van der Waals surface area contributed by atoms with Crippen molar-refractivity contribution >= 4 is 11.9 Å². The highest BCUT2D eigenvalue weighted by molar-refractivity contribution is 5.91. The van der Waals surface area contributed by atoms with Crippen LogP contribution in [-0.2, 0) is 33.3 Å². The molecule has 2 bridgehead atoms. The number of carbonyl (C=O) groups is 2. The van der Waals surface area contributed by atoms with Crippen LogP contribution in [0.25, 0.3) is 0 Å². The molecular weight excluding hydrogens is 520 g/mol. The first kappa shape index (κ1) is 29.9. The molecule has 0 aromatic carbocycles. The summed E-state index contributed by atoms with van der Waals surface area (Å²) in [6.45, 7) is 3.91. The Morgan fingerprint density at radius 2 is 1.90 bits per heavy atom. The van der Waals surface area contributed by atoms with E-state index in [2.05, 4.69) is 0 Å². The summed E-state index contributed by atoms with van der Waals surface area (Å²) in [5.74, 6) is -3.75. The van der Waals surface area contributed by atoms with Crippen LogP contribution >= 0.6 is 0 Å². The van der Waals surface area contributed by atoms with E-state index in [1.807, 2.05) is 0 Å². The fourth-order valence-corrected chi connectivity index (χ4v) is 5.99. The number of allylic oxidation sites excluding steroid dienone is 1. The number of esters is 2. The highest BCUT2D eigenvalue weighted by Gasteiger charge is 2.57. The maximum absolute atomic E-state index is 13.4. The molecule has 13 nitrogen and oxygen atoms in total. The molecule has 1 aliphatic carbocycles. The van der Waals surface area contributed by atoms with Crippen LogP contribution in [-0.4, -0.2) is 111 Å². The standard InChI is InChI=1S/C26H38O13/c1-4-13-14-5-19(29)36-10-26(34)12(3)17(6-16(26)11(2)7-27)37-23(33)15(14)9-35-24(13)39-25-22(32)21(31)20(30)18(8-28)38-25/h4,9,11-12,14,16-18,20-22,24-25,27-28,30-32,34H,5-8,10H2,1-3H3/b13-4+/t11-,12+,14+,16+,17-,18-,20-,21+,22-,24+,25+,26+/m1/s1. The lowest BCUT2D eigenvalue weighted by Gasteiger charge is -2.42. The van der Waals surface area contributed by atoms with E-state index < -0.39 is 85.0 Å². The summed E-state index contributed by atoms with van der Waals surface area (Å²) in [7, 11) is 0. The molecule has 12 atom stereocenters. The second kappa shape index (κ2) is 11.8. The Bertz CT molecular complexity index is 979. The zero-order chi connectivity index (χ0) is 28.6. The van der Waals surface area contributed by atoms with Gasteiger partial charge in [0.25, 0.3) is 0 Å². The van der Waals surface area contributed by atoms with Crippen molar-refractivity contribution in [2.75, 3.05) is 19.8 Å². The molecule has 4 aliphatic rings. The Morgan fingerprint density at radius 3 is 2.54 bits per heavy atom. The second-order valence-corrected chi connectivity index (χ2v) is 10.8. The molecule has 0 radical (unpaired) electrons. The maximum Gasteiger partial charge on any atom is 0.338 e. The van der Waals surface area contributed by atoms with Gasteiger partial charge in [-0.15, -0.1) is 0 Å². The summed E-state index contributed by atoms with van der Waals surface area (Å²) in [5.41, 5.74) is -1.19. The molecule has 6 N–H and O–H groups in total. The van der Waals surface area contributed by atoms with Crippen molar-refractivity contribution in [3.63, 3.8) is 0 Å². The van der Waals surface area contributed by atoms with Gasteiger partial charge in [0.15, 0.2) is 6.29 Å². The minimum atomic E-state index is -1.69. The van der Waals surface area contributed by atoms with E-state index in [1.54, 1.807) is 26.8 Å². The zero-order valence-corrected chi connectivity index (χ0v) is 22.1. The maximum atomic E-state index is 13.4. The van der Waals surface area contributed by atoms with E-state index >= 15 is 0 Å². The fraction of sp³-hybridized carbons (Fsp3) is 0.769. The van der Waals surface area contributed by atoms with Crippen LogP contribution in [0.3, 0.4) is 0 Å². The highest BCUT2D eigenvalue weighted by Crippen LogP contribution is 2.47. The molecule has 3 fully saturated rings. The molecule has 0 unspecified atom stereocenters. The molecule has 1 saturated carbocycles. The predicted octanol–water partition coefficient (Wildman–Crippen LogP) is -1.52. The van der Waals surface area contributed by atoms with Gasteiger partial charge in [0.05, 0.1) is 24.9 Å². The van der Waals surface area contributed by atoms with Gasteiger partial charge in [0.1, 0.15) is 42.7 Å².